The molecule has 0 aliphatic heterocycles. The lowest BCUT2D eigenvalue weighted by Gasteiger charge is -2.25. The van der Waals surface area contributed by atoms with E-state index in [1.54, 1.807) is 5.57 Å². The smallest absolute Gasteiger partial charge is 0.0433 e. The van der Waals surface area contributed by atoms with Crippen molar-refractivity contribution in [2.75, 3.05) is 6.61 Å². The van der Waals surface area contributed by atoms with Gasteiger partial charge in [0, 0.05) is 6.61 Å². The Balaban J connectivity index is 2.34. The van der Waals surface area contributed by atoms with Crippen molar-refractivity contribution in [2.45, 2.75) is 39.5 Å². The minimum Gasteiger partial charge on any atom is -0.396 e. The van der Waals surface area contributed by atoms with Gasteiger partial charge in [-0.25, -0.2) is 0 Å². The average Bonchev–Trinajstić information content (AvgIpc) is 2.06. The van der Waals surface area contributed by atoms with Gasteiger partial charge in [-0.15, -0.1) is 0 Å². The Morgan fingerprint density at radius 1 is 1.67 bits per heavy atom. The third-order valence-corrected chi connectivity index (χ3v) is 3.07. The zero-order valence-electron chi connectivity index (χ0n) is 8.21. The zero-order chi connectivity index (χ0) is 8.97. The average molecular weight is 168 g/mol. The highest BCUT2D eigenvalue weighted by atomic mass is 16.3. The molecule has 1 rings (SSSR count). The van der Waals surface area contributed by atoms with Crippen LogP contribution in [0, 0.1) is 11.8 Å². The van der Waals surface area contributed by atoms with Crippen LogP contribution in [0.15, 0.2) is 11.6 Å². The number of aliphatic hydroxyl groups is 1. The maximum atomic E-state index is 8.80. The van der Waals surface area contributed by atoms with Crippen molar-refractivity contribution < 1.29 is 5.11 Å². The fourth-order valence-electron chi connectivity index (χ4n) is 1.94. The molecule has 1 N–H and O–H groups in total. The van der Waals surface area contributed by atoms with Crippen LogP contribution in [-0.2, 0) is 0 Å². The third-order valence-electron chi connectivity index (χ3n) is 3.07. The molecule has 0 amide bonds. The first kappa shape index (κ1) is 9.79. The van der Waals surface area contributed by atoms with Gasteiger partial charge in [0.05, 0.1) is 0 Å². The predicted molar refractivity (Wildman–Crippen MR) is 52.0 cm³/mol. The van der Waals surface area contributed by atoms with Gasteiger partial charge in [0.2, 0.25) is 0 Å². The minimum atomic E-state index is 0.348. The van der Waals surface area contributed by atoms with Crippen LogP contribution in [0.3, 0.4) is 0 Å². The molecule has 0 aromatic carbocycles. The van der Waals surface area contributed by atoms with E-state index in [-0.39, 0.29) is 0 Å². The topological polar surface area (TPSA) is 20.2 Å². The highest BCUT2D eigenvalue weighted by molar-refractivity contribution is 5.03. The van der Waals surface area contributed by atoms with Crippen LogP contribution in [-0.4, -0.2) is 11.7 Å². The lowest BCUT2D eigenvalue weighted by molar-refractivity contribution is 0.221. The van der Waals surface area contributed by atoms with Crippen molar-refractivity contribution in [1.29, 1.82) is 0 Å². The molecular weight excluding hydrogens is 148 g/mol. The van der Waals surface area contributed by atoms with E-state index in [1.165, 1.54) is 19.3 Å². The van der Waals surface area contributed by atoms with Crippen molar-refractivity contribution >= 4 is 0 Å². The quantitative estimate of drug-likeness (QED) is 0.642. The van der Waals surface area contributed by atoms with E-state index in [1.807, 2.05) is 0 Å². The second-order valence-corrected chi connectivity index (χ2v) is 4.07. The van der Waals surface area contributed by atoms with Crippen LogP contribution in [0.2, 0.25) is 0 Å². The summed E-state index contributed by atoms with van der Waals surface area (Å²) in [4.78, 5) is 0. The number of hydrogen-bond acceptors (Lipinski definition) is 1. The number of aliphatic hydroxyl groups excluding tert-OH is 1. The molecule has 0 aromatic heterocycles. The number of allylic oxidation sites excluding steroid dienone is 2. The molecule has 0 aromatic rings. The molecule has 1 nitrogen and oxygen atoms in total. The largest absolute Gasteiger partial charge is 0.396 e. The normalized spacial score (nSPS) is 26.6. The minimum absolute atomic E-state index is 0.348. The summed E-state index contributed by atoms with van der Waals surface area (Å²) in [5, 5.41) is 8.80. The van der Waals surface area contributed by atoms with Crippen LogP contribution >= 0.6 is 0 Å². The van der Waals surface area contributed by atoms with E-state index in [4.69, 9.17) is 5.11 Å². The highest BCUT2D eigenvalue weighted by Crippen LogP contribution is 2.30. The van der Waals surface area contributed by atoms with Crippen molar-refractivity contribution in [1.82, 2.24) is 0 Å². The summed E-state index contributed by atoms with van der Waals surface area (Å²) in [6.07, 6.45) is 7.15. The molecule has 70 valence electrons. The van der Waals surface area contributed by atoms with Gasteiger partial charge in [0.1, 0.15) is 0 Å². The van der Waals surface area contributed by atoms with Crippen molar-refractivity contribution in [3.8, 4) is 0 Å². The Morgan fingerprint density at radius 3 is 2.92 bits per heavy atom. The molecule has 0 radical (unpaired) electrons. The first-order chi connectivity index (χ1) is 5.74. The van der Waals surface area contributed by atoms with Crippen LogP contribution in [0.1, 0.15) is 39.5 Å². The van der Waals surface area contributed by atoms with Gasteiger partial charge in [-0.05, 0) is 44.4 Å². The van der Waals surface area contributed by atoms with Crippen LogP contribution < -0.4 is 0 Å². The molecule has 1 aliphatic rings. The molecule has 1 aliphatic carbocycles. The van der Waals surface area contributed by atoms with Crippen molar-refractivity contribution in [2.24, 2.45) is 11.8 Å². The zero-order valence-corrected chi connectivity index (χ0v) is 8.21. The monoisotopic (exact) mass is 168 g/mol. The third kappa shape index (κ3) is 2.63. The molecule has 0 spiro atoms. The highest BCUT2D eigenvalue weighted by Gasteiger charge is 2.18. The van der Waals surface area contributed by atoms with Gasteiger partial charge in [-0.3, -0.25) is 0 Å². The van der Waals surface area contributed by atoms with Gasteiger partial charge >= 0.3 is 0 Å². The van der Waals surface area contributed by atoms with Crippen molar-refractivity contribution in [3.05, 3.63) is 11.6 Å². The van der Waals surface area contributed by atoms with E-state index in [0.717, 1.165) is 12.3 Å². The summed E-state index contributed by atoms with van der Waals surface area (Å²) < 4.78 is 0. The molecule has 0 fully saturated rings. The molecule has 1 heteroatoms. The van der Waals surface area contributed by atoms with Gasteiger partial charge in [0.25, 0.3) is 0 Å². The molecule has 0 saturated carbocycles. The summed E-state index contributed by atoms with van der Waals surface area (Å²) in [5.41, 5.74) is 1.54. The Hall–Kier alpha value is -0.300. The fraction of sp³-hybridized carbons (Fsp3) is 0.818. The molecular formula is C11H20O. The number of rotatable bonds is 3. The number of hydrogen-bond donors (Lipinski definition) is 1. The first-order valence-electron chi connectivity index (χ1n) is 5.00. The molecule has 12 heavy (non-hydrogen) atoms. The molecule has 0 unspecified atom stereocenters. The van der Waals surface area contributed by atoms with Gasteiger partial charge in [-0.1, -0.05) is 18.6 Å². The maximum absolute atomic E-state index is 8.80. The van der Waals surface area contributed by atoms with E-state index < -0.39 is 0 Å². The van der Waals surface area contributed by atoms with E-state index >= 15 is 0 Å². The summed E-state index contributed by atoms with van der Waals surface area (Å²) in [6.45, 7) is 4.82. The SMILES string of the molecule is CC1=CC[C@@H]([C@@H](C)CCO)CC1. The van der Waals surface area contributed by atoms with Gasteiger partial charge in [0.15, 0.2) is 0 Å². The Kier molecular flexibility index (Phi) is 3.80. The summed E-state index contributed by atoms with van der Waals surface area (Å²) in [6, 6.07) is 0. The summed E-state index contributed by atoms with van der Waals surface area (Å²) in [5.74, 6) is 1.51. The van der Waals surface area contributed by atoms with E-state index in [2.05, 4.69) is 19.9 Å². The second kappa shape index (κ2) is 4.66. The Bertz CT molecular complexity index is 160. The lowest BCUT2D eigenvalue weighted by atomic mass is 9.80. The van der Waals surface area contributed by atoms with Crippen molar-refractivity contribution in [3.63, 3.8) is 0 Å². The fourth-order valence-corrected chi connectivity index (χ4v) is 1.94. The molecule has 0 saturated heterocycles. The summed E-state index contributed by atoms with van der Waals surface area (Å²) >= 11 is 0. The van der Waals surface area contributed by atoms with E-state index in [9.17, 15) is 0 Å². The van der Waals surface area contributed by atoms with Crippen LogP contribution in [0.4, 0.5) is 0 Å². The lowest BCUT2D eigenvalue weighted by Crippen LogP contribution is -2.15. The Morgan fingerprint density at radius 2 is 2.42 bits per heavy atom. The Labute approximate surface area is 75.5 Å². The van der Waals surface area contributed by atoms with Crippen LogP contribution in [0.5, 0.6) is 0 Å². The van der Waals surface area contributed by atoms with E-state index in [0.29, 0.717) is 12.5 Å². The maximum Gasteiger partial charge on any atom is 0.0433 e. The molecule has 0 bridgehead atoms. The van der Waals surface area contributed by atoms with Gasteiger partial charge in [-0.2, -0.15) is 0 Å². The second-order valence-electron chi connectivity index (χ2n) is 4.07. The van der Waals surface area contributed by atoms with Gasteiger partial charge < -0.3 is 5.11 Å². The predicted octanol–water partition coefficient (Wildman–Crippen LogP) is 2.75. The molecule has 0 heterocycles. The summed E-state index contributed by atoms with van der Waals surface area (Å²) in [7, 11) is 0. The first-order valence-corrected chi connectivity index (χ1v) is 5.00. The molecule has 2 atom stereocenters. The van der Waals surface area contributed by atoms with Crippen LogP contribution in [0.25, 0.3) is 0 Å². The standard InChI is InChI=1S/C11H20O/c1-9-3-5-11(6-4-9)10(2)7-8-12/h3,10-12H,4-8H2,1-2H3/t10-,11+/m0/s1.